The Morgan fingerprint density at radius 2 is 0.938 bits per heavy atom. The Balaban J connectivity index is 1.02. The number of benzene rings is 10. The Bertz CT molecular complexity index is 4240. The van der Waals surface area contributed by atoms with Gasteiger partial charge in [0.25, 0.3) is 0 Å². The van der Waals surface area contributed by atoms with Crippen molar-refractivity contribution in [3.05, 3.63) is 212 Å². The van der Waals surface area contributed by atoms with Crippen LogP contribution >= 0.6 is 0 Å². The van der Waals surface area contributed by atoms with Crippen LogP contribution in [0.25, 0.3) is 133 Å². The second kappa shape index (κ2) is 13.8. The van der Waals surface area contributed by atoms with Crippen LogP contribution in [-0.4, -0.2) is 24.1 Å². The molecule has 0 fully saturated rings. The number of para-hydroxylation sites is 4. The molecule has 14 rings (SSSR count). The van der Waals surface area contributed by atoms with Gasteiger partial charge in [-0.3, -0.25) is 0 Å². The molecule has 14 aromatic rings. The Morgan fingerprint density at radius 3 is 1.72 bits per heavy atom. The molecular formula is C59H35N5O. The summed E-state index contributed by atoms with van der Waals surface area (Å²) in [6, 6.07) is 74.9. The Hall–Kier alpha value is -8.87. The topological polar surface area (TPSA) is 61.7 Å². The number of furan rings is 1. The molecule has 0 N–H and O–H groups in total. The number of nitrogens with zero attached hydrogens (tertiary/aromatic N) is 5. The van der Waals surface area contributed by atoms with Crippen LogP contribution in [0.2, 0.25) is 0 Å². The summed E-state index contributed by atoms with van der Waals surface area (Å²) in [4.78, 5) is 15.8. The van der Waals surface area contributed by atoms with Crippen LogP contribution in [0.3, 0.4) is 0 Å². The minimum absolute atomic E-state index is 0.583. The second-order valence-corrected chi connectivity index (χ2v) is 16.8. The maximum absolute atomic E-state index is 6.81. The van der Waals surface area contributed by atoms with Crippen LogP contribution in [0.5, 0.6) is 0 Å². The highest BCUT2D eigenvalue weighted by Crippen LogP contribution is 2.43. The summed E-state index contributed by atoms with van der Waals surface area (Å²) in [5.74, 6) is 1.79. The summed E-state index contributed by atoms with van der Waals surface area (Å²) in [5.41, 5.74) is 11.0. The molecule has 302 valence electrons. The van der Waals surface area contributed by atoms with E-state index in [1.165, 1.54) is 26.9 Å². The first-order valence-corrected chi connectivity index (χ1v) is 21.9. The van der Waals surface area contributed by atoms with Crippen molar-refractivity contribution in [1.29, 1.82) is 0 Å². The standard InChI is InChI=1S/C59H35N5O/c1-3-16-36(17-4-1)57-60-58(62-59(61-57)46-27-15-26-44-41-22-11-13-28-50(41)63(55(44)46)40-20-5-2-6-21-40)39-30-31-54-48(33-39)49-35-53(42-23-9-10-25-45(42)56(49)65-54)64-51-29-14-12-24-43(51)47-32-37-18-7-8-19-38(37)34-52(47)64/h1-35H. The van der Waals surface area contributed by atoms with Gasteiger partial charge in [-0.1, -0.05) is 146 Å². The molecule has 0 radical (unpaired) electrons. The third-order valence-electron chi connectivity index (χ3n) is 13.1. The van der Waals surface area contributed by atoms with Gasteiger partial charge in [0.05, 0.1) is 27.8 Å². The van der Waals surface area contributed by atoms with E-state index in [2.05, 4.69) is 203 Å². The Labute approximate surface area is 371 Å². The van der Waals surface area contributed by atoms with Crippen LogP contribution in [-0.2, 0) is 0 Å². The van der Waals surface area contributed by atoms with Crippen LogP contribution in [0, 0.1) is 0 Å². The lowest BCUT2D eigenvalue weighted by Crippen LogP contribution is -2.02. The van der Waals surface area contributed by atoms with Gasteiger partial charge in [0, 0.05) is 65.5 Å². The lowest BCUT2D eigenvalue weighted by atomic mass is 10.0. The van der Waals surface area contributed by atoms with Crippen molar-refractivity contribution in [3.8, 4) is 45.5 Å². The summed E-state index contributed by atoms with van der Waals surface area (Å²) in [6.45, 7) is 0. The molecule has 0 unspecified atom stereocenters. The van der Waals surface area contributed by atoms with E-state index in [4.69, 9.17) is 19.4 Å². The monoisotopic (exact) mass is 829 g/mol. The maximum Gasteiger partial charge on any atom is 0.166 e. The molecular weight excluding hydrogens is 795 g/mol. The molecule has 4 heterocycles. The molecule has 65 heavy (non-hydrogen) atoms. The zero-order valence-corrected chi connectivity index (χ0v) is 34.9. The second-order valence-electron chi connectivity index (χ2n) is 16.8. The van der Waals surface area contributed by atoms with Crippen LogP contribution in [0.1, 0.15) is 0 Å². The smallest absolute Gasteiger partial charge is 0.166 e. The first-order valence-electron chi connectivity index (χ1n) is 21.9. The molecule has 6 heteroatoms. The van der Waals surface area contributed by atoms with Gasteiger partial charge >= 0.3 is 0 Å². The predicted octanol–water partition coefficient (Wildman–Crippen LogP) is 15.3. The van der Waals surface area contributed by atoms with Gasteiger partial charge < -0.3 is 13.6 Å². The molecule has 0 saturated heterocycles. The maximum atomic E-state index is 6.81. The Kier molecular flexibility index (Phi) is 7.59. The lowest BCUT2D eigenvalue weighted by molar-refractivity contribution is 0.672. The van der Waals surface area contributed by atoms with Crippen molar-refractivity contribution < 1.29 is 4.42 Å². The summed E-state index contributed by atoms with van der Waals surface area (Å²) in [5, 5.41) is 11.4. The number of fused-ring (bicyclic) bond motifs is 12. The molecule has 0 atom stereocenters. The summed E-state index contributed by atoms with van der Waals surface area (Å²) < 4.78 is 11.6. The molecule has 0 aliphatic carbocycles. The summed E-state index contributed by atoms with van der Waals surface area (Å²) in [7, 11) is 0. The summed E-state index contributed by atoms with van der Waals surface area (Å²) in [6.07, 6.45) is 0. The van der Waals surface area contributed by atoms with E-state index in [9.17, 15) is 0 Å². The average Bonchev–Trinajstić information content (AvgIpc) is 4.03. The van der Waals surface area contributed by atoms with Gasteiger partial charge in [0.1, 0.15) is 11.2 Å². The highest BCUT2D eigenvalue weighted by molar-refractivity contribution is 6.20. The molecule has 10 aromatic carbocycles. The molecule has 4 aromatic heterocycles. The van der Waals surface area contributed by atoms with Crippen molar-refractivity contribution in [3.63, 3.8) is 0 Å². The van der Waals surface area contributed by atoms with Gasteiger partial charge in [-0.05, 0) is 77.5 Å². The van der Waals surface area contributed by atoms with E-state index < -0.39 is 0 Å². The molecule has 0 aliphatic rings. The van der Waals surface area contributed by atoms with Crippen LogP contribution in [0.15, 0.2) is 217 Å². The quantitative estimate of drug-likeness (QED) is 0.173. The molecule has 0 bridgehead atoms. The fourth-order valence-corrected chi connectivity index (χ4v) is 10.2. The van der Waals surface area contributed by atoms with Gasteiger partial charge in [0.2, 0.25) is 0 Å². The fraction of sp³-hybridized carbons (Fsp3) is 0. The van der Waals surface area contributed by atoms with Gasteiger partial charge in [0.15, 0.2) is 17.5 Å². The zero-order valence-electron chi connectivity index (χ0n) is 34.9. The number of aromatic nitrogens is 5. The van der Waals surface area contributed by atoms with E-state index >= 15 is 0 Å². The van der Waals surface area contributed by atoms with E-state index in [1.54, 1.807) is 0 Å². The van der Waals surface area contributed by atoms with E-state index in [-0.39, 0.29) is 0 Å². The average molecular weight is 830 g/mol. The first-order chi connectivity index (χ1) is 32.2. The summed E-state index contributed by atoms with van der Waals surface area (Å²) >= 11 is 0. The van der Waals surface area contributed by atoms with Gasteiger partial charge in [-0.2, -0.15) is 0 Å². The molecule has 6 nitrogen and oxygen atoms in total. The van der Waals surface area contributed by atoms with Crippen molar-refractivity contribution in [2.45, 2.75) is 0 Å². The third-order valence-corrected chi connectivity index (χ3v) is 13.1. The SMILES string of the molecule is c1ccc(-c2nc(-c3ccc4oc5c6ccccc6c(-n6c7ccccc7c7cc8ccccc8cc76)cc5c4c3)nc(-c3cccc4c5ccccc5n(-c5ccccc5)c34)n2)cc1. The largest absolute Gasteiger partial charge is 0.455 e. The minimum Gasteiger partial charge on any atom is -0.455 e. The van der Waals surface area contributed by atoms with Gasteiger partial charge in [-0.25, -0.2) is 15.0 Å². The molecule has 0 aliphatic heterocycles. The van der Waals surface area contributed by atoms with Crippen molar-refractivity contribution in [1.82, 2.24) is 24.1 Å². The van der Waals surface area contributed by atoms with E-state index in [1.807, 2.05) is 18.2 Å². The highest BCUT2D eigenvalue weighted by atomic mass is 16.3. The predicted molar refractivity (Wildman–Crippen MR) is 267 cm³/mol. The van der Waals surface area contributed by atoms with Crippen molar-refractivity contribution in [2.75, 3.05) is 0 Å². The minimum atomic E-state index is 0.583. The first kappa shape index (κ1) is 35.7. The van der Waals surface area contributed by atoms with Crippen molar-refractivity contribution >= 4 is 87.1 Å². The molecule has 0 saturated carbocycles. The number of hydrogen-bond acceptors (Lipinski definition) is 4. The van der Waals surface area contributed by atoms with Crippen molar-refractivity contribution in [2.24, 2.45) is 0 Å². The van der Waals surface area contributed by atoms with E-state index in [0.717, 1.165) is 88.2 Å². The fourth-order valence-electron chi connectivity index (χ4n) is 10.2. The number of rotatable bonds is 5. The Morgan fingerprint density at radius 1 is 0.338 bits per heavy atom. The third kappa shape index (κ3) is 5.38. The van der Waals surface area contributed by atoms with Crippen LogP contribution in [0.4, 0.5) is 0 Å². The highest BCUT2D eigenvalue weighted by Gasteiger charge is 2.23. The normalized spacial score (nSPS) is 12.0. The van der Waals surface area contributed by atoms with E-state index in [0.29, 0.717) is 17.5 Å². The number of hydrogen-bond donors (Lipinski definition) is 0. The molecule has 0 spiro atoms. The molecule has 0 amide bonds. The zero-order chi connectivity index (χ0) is 42.6. The van der Waals surface area contributed by atoms with Gasteiger partial charge in [-0.15, -0.1) is 0 Å². The lowest BCUT2D eigenvalue weighted by Gasteiger charge is -2.13. The van der Waals surface area contributed by atoms with Crippen LogP contribution < -0.4 is 0 Å².